The number of benzene rings is 1. The van der Waals surface area contributed by atoms with Crippen LogP contribution in [0, 0.1) is 0 Å². The summed E-state index contributed by atoms with van der Waals surface area (Å²) >= 11 is 0. The van der Waals surface area contributed by atoms with E-state index in [-0.39, 0.29) is 0 Å². The van der Waals surface area contributed by atoms with Gasteiger partial charge in [-0.15, -0.1) is 0 Å². The van der Waals surface area contributed by atoms with E-state index in [9.17, 15) is 0 Å². The minimum Gasteiger partial charge on any atom is -0.326 e. The Hall–Kier alpha value is -0.900. The maximum Gasteiger partial charge on any atom is 0.0223 e. The lowest BCUT2D eigenvalue weighted by molar-refractivity contribution is 0.0160. The summed E-state index contributed by atoms with van der Waals surface area (Å²) in [6.07, 6.45) is 5.33. The highest BCUT2D eigenvalue weighted by molar-refractivity contribution is 5.27. The molecule has 3 heteroatoms. The molecular weight excluding hydrogens is 258 g/mol. The summed E-state index contributed by atoms with van der Waals surface area (Å²) in [5.41, 5.74) is 8.59. The minimum absolute atomic E-state index is 0.655. The summed E-state index contributed by atoms with van der Waals surface area (Å²) in [5, 5.41) is 0. The molecule has 116 valence electrons. The Labute approximate surface area is 129 Å². The number of rotatable bonds is 4. The first kappa shape index (κ1) is 15.0. The molecule has 2 heterocycles. The molecular formula is C18H29N3. The fourth-order valence-corrected chi connectivity index (χ4v) is 3.99. The molecule has 0 radical (unpaired) electrons. The van der Waals surface area contributed by atoms with Crippen molar-refractivity contribution in [3.8, 4) is 0 Å². The molecule has 0 aromatic heterocycles. The van der Waals surface area contributed by atoms with Gasteiger partial charge in [-0.1, -0.05) is 30.7 Å². The molecule has 3 rings (SSSR count). The van der Waals surface area contributed by atoms with E-state index in [0.29, 0.717) is 12.6 Å². The molecule has 0 aliphatic carbocycles. The molecule has 2 aliphatic rings. The molecule has 0 amide bonds. The van der Waals surface area contributed by atoms with E-state index in [1.54, 1.807) is 0 Å². The molecule has 0 spiro atoms. The topological polar surface area (TPSA) is 32.5 Å². The van der Waals surface area contributed by atoms with E-state index in [4.69, 9.17) is 5.73 Å². The lowest BCUT2D eigenvalue weighted by Crippen LogP contribution is -2.58. The van der Waals surface area contributed by atoms with Crippen molar-refractivity contribution < 1.29 is 0 Å². The van der Waals surface area contributed by atoms with Crippen LogP contribution in [0.2, 0.25) is 0 Å². The molecule has 1 aromatic rings. The van der Waals surface area contributed by atoms with Crippen LogP contribution in [0.3, 0.4) is 0 Å². The number of nitrogens with two attached hydrogens (primary N) is 1. The highest BCUT2D eigenvalue weighted by Gasteiger charge is 2.32. The number of piperazine rings is 1. The molecule has 2 fully saturated rings. The second-order valence-corrected chi connectivity index (χ2v) is 6.71. The maximum atomic E-state index is 5.85. The first-order chi connectivity index (χ1) is 10.3. The number of nitrogens with zero attached hydrogens (tertiary/aromatic N) is 2. The van der Waals surface area contributed by atoms with Crippen molar-refractivity contribution in [2.24, 2.45) is 5.73 Å². The lowest BCUT2D eigenvalue weighted by Gasteiger charge is -2.47. The van der Waals surface area contributed by atoms with Crippen molar-refractivity contribution in [3.63, 3.8) is 0 Å². The quantitative estimate of drug-likeness (QED) is 0.922. The van der Waals surface area contributed by atoms with Crippen LogP contribution in [0.4, 0.5) is 0 Å². The predicted molar refractivity (Wildman–Crippen MR) is 88.3 cm³/mol. The SMILES string of the molecule is CC1CN2CCCCC2CN1CCc1ccccc1CN. The Morgan fingerprint density at radius 1 is 1.14 bits per heavy atom. The van der Waals surface area contributed by atoms with E-state index >= 15 is 0 Å². The molecule has 2 unspecified atom stereocenters. The maximum absolute atomic E-state index is 5.85. The van der Waals surface area contributed by atoms with E-state index in [0.717, 1.165) is 12.5 Å². The zero-order valence-electron chi connectivity index (χ0n) is 13.3. The average Bonchev–Trinajstić information content (AvgIpc) is 2.53. The summed E-state index contributed by atoms with van der Waals surface area (Å²) < 4.78 is 0. The molecule has 2 N–H and O–H groups in total. The van der Waals surface area contributed by atoms with Crippen molar-refractivity contribution in [3.05, 3.63) is 35.4 Å². The van der Waals surface area contributed by atoms with Crippen molar-refractivity contribution in [1.82, 2.24) is 9.80 Å². The number of fused-ring (bicyclic) bond motifs is 1. The highest BCUT2D eigenvalue weighted by Crippen LogP contribution is 2.24. The van der Waals surface area contributed by atoms with E-state index in [1.165, 1.54) is 56.6 Å². The van der Waals surface area contributed by atoms with Gasteiger partial charge in [-0.25, -0.2) is 0 Å². The van der Waals surface area contributed by atoms with Crippen LogP contribution < -0.4 is 5.73 Å². The molecule has 3 nitrogen and oxygen atoms in total. The van der Waals surface area contributed by atoms with Crippen LogP contribution in [0.1, 0.15) is 37.3 Å². The van der Waals surface area contributed by atoms with Gasteiger partial charge in [-0.2, -0.15) is 0 Å². The van der Waals surface area contributed by atoms with Crippen molar-refractivity contribution in [2.75, 3.05) is 26.2 Å². The number of hydrogen-bond donors (Lipinski definition) is 1. The van der Waals surface area contributed by atoms with Crippen molar-refractivity contribution in [1.29, 1.82) is 0 Å². The van der Waals surface area contributed by atoms with Crippen LogP contribution >= 0.6 is 0 Å². The summed E-state index contributed by atoms with van der Waals surface area (Å²) in [4.78, 5) is 5.41. The van der Waals surface area contributed by atoms with Crippen LogP contribution in [0.25, 0.3) is 0 Å². The van der Waals surface area contributed by atoms with Gasteiger partial charge >= 0.3 is 0 Å². The zero-order chi connectivity index (χ0) is 14.7. The molecule has 2 saturated heterocycles. The van der Waals surface area contributed by atoms with E-state index in [1.807, 2.05) is 0 Å². The molecule has 0 bridgehead atoms. The number of piperidine rings is 1. The molecule has 2 aliphatic heterocycles. The Morgan fingerprint density at radius 2 is 1.95 bits per heavy atom. The third-order valence-electron chi connectivity index (χ3n) is 5.32. The van der Waals surface area contributed by atoms with Crippen LogP contribution in [0.15, 0.2) is 24.3 Å². The summed E-state index contributed by atoms with van der Waals surface area (Å²) in [6, 6.07) is 10.1. The summed E-state index contributed by atoms with van der Waals surface area (Å²) in [6.45, 7) is 8.04. The summed E-state index contributed by atoms with van der Waals surface area (Å²) in [5.74, 6) is 0. The summed E-state index contributed by atoms with van der Waals surface area (Å²) in [7, 11) is 0. The van der Waals surface area contributed by atoms with Gasteiger partial charge in [-0.05, 0) is 43.9 Å². The second-order valence-electron chi connectivity index (χ2n) is 6.71. The third kappa shape index (κ3) is 3.47. The largest absolute Gasteiger partial charge is 0.326 e. The van der Waals surface area contributed by atoms with Crippen LogP contribution in [0.5, 0.6) is 0 Å². The first-order valence-corrected chi connectivity index (χ1v) is 8.53. The normalized spacial score (nSPS) is 27.5. The van der Waals surface area contributed by atoms with E-state index < -0.39 is 0 Å². The van der Waals surface area contributed by atoms with Gasteiger partial charge < -0.3 is 5.73 Å². The third-order valence-corrected chi connectivity index (χ3v) is 5.32. The van der Waals surface area contributed by atoms with Crippen molar-refractivity contribution in [2.45, 2.75) is 51.2 Å². The molecule has 21 heavy (non-hydrogen) atoms. The van der Waals surface area contributed by atoms with Crippen molar-refractivity contribution >= 4 is 0 Å². The second kappa shape index (κ2) is 6.91. The standard InChI is InChI=1S/C18H29N3/c1-15-13-21-10-5-4-8-18(21)14-20(15)11-9-16-6-2-3-7-17(16)12-19/h2-3,6-7,15,18H,4-5,8-14,19H2,1H3. The Kier molecular flexibility index (Phi) is 4.94. The smallest absolute Gasteiger partial charge is 0.0223 e. The van der Waals surface area contributed by atoms with Gasteiger partial charge in [0.2, 0.25) is 0 Å². The van der Waals surface area contributed by atoms with Gasteiger partial charge in [-0.3, -0.25) is 9.80 Å². The molecule has 2 atom stereocenters. The van der Waals surface area contributed by atoms with Gasteiger partial charge in [0.25, 0.3) is 0 Å². The minimum atomic E-state index is 0.655. The Bertz CT molecular complexity index is 460. The Morgan fingerprint density at radius 3 is 2.76 bits per heavy atom. The average molecular weight is 287 g/mol. The first-order valence-electron chi connectivity index (χ1n) is 8.53. The van der Waals surface area contributed by atoms with Crippen LogP contribution in [-0.4, -0.2) is 48.1 Å². The lowest BCUT2D eigenvalue weighted by atomic mass is 9.96. The predicted octanol–water partition coefficient (Wildman–Crippen LogP) is 2.25. The molecule has 0 saturated carbocycles. The number of hydrogen-bond acceptors (Lipinski definition) is 3. The van der Waals surface area contributed by atoms with Gasteiger partial charge in [0, 0.05) is 38.3 Å². The zero-order valence-corrected chi connectivity index (χ0v) is 13.3. The Balaban J connectivity index is 1.59. The van der Waals surface area contributed by atoms with Gasteiger partial charge in [0.1, 0.15) is 0 Å². The van der Waals surface area contributed by atoms with E-state index in [2.05, 4.69) is 41.0 Å². The molecule has 1 aromatic carbocycles. The van der Waals surface area contributed by atoms with Crippen LogP contribution in [-0.2, 0) is 13.0 Å². The highest BCUT2D eigenvalue weighted by atomic mass is 15.3. The fourth-order valence-electron chi connectivity index (χ4n) is 3.99. The van der Waals surface area contributed by atoms with Gasteiger partial charge in [0.05, 0.1) is 0 Å². The fraction of sp³-hybridized carbons (Fsp3) is 0.667. The van der Waals surface area contributed by atoms with Gasteiger partial charge in [0.15, 0.2) is 0 Å². The monoisotopic (exact) mass is 287 g/mol.